The largest absolute Gasteiger partial charge is 0.273 e. The van der Waals surface area contributed by atoms with Crippen molar-refractivity contribution in [3.63, 3.8) is 0 Å². The molecule has 60 valence electrons. The third-order valence-corrected chi connectivity index (χ3v) is 1.51. The summed E-state index contributed by atoms with van der Waals surface area (Å²) in [7, 11) is 0. The van der Waals surface area contributed by atoms with Gasteiger partial charge in [-0.05, 0) is 12.1 Å². The number of hydrazone groups is 1. The van der Waals surface area contributed by atoms with Gasteiger partial charge in [0.15, 0.2) is 0 Å². The van der Waals surface area contributed by atoms with E-state index in [1.54, 1.807) is 18.3 Å². The molecule has 1 aliphatic heterocycles. The number of carbonyl (C=O) groups is 1. The summed E-state index contributed by atoms with van der Waals surface area (Å²) in [5.74, 6) is -0.101. The van der Waals surface area contributed by atoms with Gasteiger partial charge in [0.05, 0.1) is 12.1 Å². The second kappa shape index (κ2) is 2.69. The molecule has 0 radical (unpaired) electrons. The molecule has 5 nitrogen and oxygen atoms in total. The molecule has 1 amide bonds. The molecule has 0 aliphatic carbocycles. The number of amides is 1. The van der Waals surface area contributed by atoms with Gasteiger partial charge in [0, 0.05) is 6.20 Å². The van der Waals surface area contributed by atoms with E-state index in [1.807, 2.05) is 0 Å². The molecule has 0 aromatic carbocycles. The Balaban J connectivity index is 2.28. The van der Waals surface area contributed by atoms with E-state index >= 15 is 0 Å². The van der Waals surface area contributed by atoms with Crippen LogP contribution in [0.25, 0.3) is 0 Å². The molecular formula is C7H6N4O. The number of rotatable bonds is 1. The molecule has 1 aliphatic rings. The Bertz CT molecular complexity index is 333. The maximum absolute atomic E-state index is 10.8. The minimum absolute atomic E-state index is 0.101. The third-order valence-electron chi connectivity index (χ3n) is 1.51. The Morgan fingerprint density at radius 2 is 2.42 bits per heavy atom. The van der Waals surface area contributed by atoms with Crippen LogP contribution in [0.5, 0.6) is 0 Å². The van der Waals surface area contributed by atoms with Crippen molar-refractivity contribution in [1.82, 2.24) is 15.6 Å². The van der Waals surface area contributed by atoms with Crippen molar-refractivity contribution in [2.45, 2.75) is 6.42 Å². The fraction of sp³-hybridized carbons (Fsp3) is 0.143. The van der Waals surface area contributed by atoms with Crippen molar-refractivity contribution in [3.8, 4) is 0 Å². The molecule has 1 N–H and O–H groups in total. The smallest absolute Gasteiger partial charge is 0.246 e. The predicted molar refractivity (Wildman–Crippen MR) is 41.3 cm³/mol. The highest BCUT2D eigenvalue weighted by Crippen LogP contribution is 2.03. The number of carbonyl (C=O) groups excluding carboxylic acids is 1. The predicted octanol–water partition coefficient (Wildman–Crippen LogP) is -0.299. The van der Waals surface area contributed by atoms with Gasteiger partial charge in [0.25, 0.3) is 0 Å². The molecule has 0 unspecified atom stereocenters. The van der Waals surface area contributed by atoms with Gasteiger partial charge in [-0.15, -0.1) is 5.10 Å². The van der Waals surface area contributed by atoms with E-state index in [-0.39, 0.29) is 5.91 Å². The molecular weight excluding hydrogens is 156 g/mol. The number of hydrogen-bond donors (Lipinski definition) is 1. The highest BCUT2D eigenvalue weighted by atomic mass is 16.2. The summed E-state index contributed by atoms with van der Waals surface area (Å²) in [6, 6.07) is 3.53. The van der Waals surface area contributed by atoms with E-state index < -0.39 is 0 Å². The fourth-order valence-corrected chi connectivity index (χ4v) is 0.964. The number of aromatic nitrogens is 2. The Hall–Kier alpha value is -1.78. The maximum atomic E-state index is 10.8. The highest BCUT2D eigenvalue weighted by Gasteiger charge is 2.16. The Morgan fingerprint density at radius 1 is 1.50 bits per heavy atom. The van der Waals surface area contributed by atoms with Crippen LogP contribution in [-0.4, -0.2) is 21.8 Å². The summed E-state index contributed by atoms with van der Waals surface area (Å²) < 4.78 is 0. The van der Waals surface area contributed by atoms with Crippen molar-refractivity contribution in [1.29, 1.82) is 0 Å². The van der Waals surface area contributed by atoms with Crippen LogP contribution in [0.4, 0.5) is 0 Å². The third kappa shape index (κ3) is 1.16. The molecule has 0 atom stereocenters. The first-order valence-corrected chi connectivity index (χ1v) is 3.50. The van der Waals surface area contributed by atoms with Crippen molar-refractivity contribution < 1.29 is 4.79 Å². The van der Waals surface area contributed by atoms with Gasteiger partial charge in [0.2, 0.25) is 5.91 Å². The lowest BCUT2D eigenvalue weighted by Gasteiger charge is -1.92. The summed E-state index contributed by atoms with van der Waals surface area (Å²) in [4.78, 5) is 10.8. The SMILES string of the molecule is O=C1CC(c2cccnn2)=NN1. The average Bonchev–Trinajstić information content (AvgIpc) is 2.54. The molecule has 0 saturated carbocycles. The maximum Gasteiger partial charge on any atom is 0.246 e. The molecule has 1 aromatic heterocycles. The summed E-state index contributed by atoms with van der Waals surface area (Å²) in [5.41, 5.74) is 3.64. The van der Waals surface area contributed by atoms with E-state index in [9.17, 15) is 4.79 Å². The van der Waals surface area contributed by atoms with Crippen molar-refractivity contribution in [2.75, 3.05) is 0 Å². The Kier molecular flexibility index (Phi) is 1.55. The Morgan fingerprint density at radius 3 is 3.00 bits per heavy atom. The zero-order chi connectivity index (χ0) is 8.39. The number of nitrogens with one attached hydrogen (secondary N) is 1. The van der Waals surface area contributed by atoms with E-state index in [0.29, 0.717) is 17.8 Å². The number of hydrogen-bond acceptors (Lipinski definition) is 4. The molecule has 12 heavy (non-hydrogen) atoms. The summed E-state index contributed by atoms with van der Waals surface area (Å²) in [6.45, 7) is 0. The summed E-state index contributed by atoms with van der Waals surface area (Å²) in [5, 5.41) is 11.3. The minimum Gasteiger partial charge on any atom is -0.273 e. The zero-order valence-corrected chi connectivity index (χ0v) is 6.19. The van der Waals surface area contributed by atoms with E-state index in [0.717, 1.165) is 0 Å². The van der Waals surface area contributed by atoms with E-state index in [1.165, 1.54) is 0 Å². The van der Waals surface area contributed by atoms with Crippen LogP contribution in [0, 0.1) is 0 Å². The van der Waals surface area contributed by atoms with Crippen LogP contribution in [-0.2, 0) is 4.79 Å². The van der Waals surface area contributed by atoms with Crippen molar-refractivity contribution >= 4 is 11.6 Å². The van der Waals surface area contributed by atoms with E-state index in [4.69, 9.17) is 0 Å². The minimum atomic E-state index is -0.101. The Labute approximate surface area is 68.5 Å². The fourth-order valence-electron chi connectivity index (χ4n) is 0.964. The first kappa shape index (κ1) is 6.90. The lowest BCUT2D eigenvalue weighted by Crippen LogP contribution is -2.09. The molecule has 0 saturated heterocycles. The zero-order valence-electron chi connectivity index (χ0n) is 6.19. The molecule has 2 heterocycles. The van der Waals surface area contributed by atoms with Crippen molar-refractivity contribution in [2.24, 2.45) is 5.10 Å². The van der Waals surface area contributed by atoms with Gasteiger partial charge in [-0.3, -0.25) is 4.79 Å². The molecule has 2 rings (SSSR count). The molecule has 0 fully saturated rings. The van der Waals surface area contributed by atoms with Crippen molar-refractivity contribution in [3.05, 3.63) is 24.0 Å². The second-order valence-electron chi connectivity index (χ2n) is 2.38. The molecule has 0 bridgehead atoms. The first-order chi connectivity index (χ1) is 5.86. The van der Waals surface area contributed by atoms with Gasteiger partial charge >= 0.3 is 0 Å². The normalized spacial score (nSPS) is 15.7. The second-order valence-corrected chi connectivity index (χ2v) is 2.38. The van der Waals surface area contributed by atoms with Crippen LogP contribution in [0.1, 0.15) is 12.1 Å². The lowest BCUT2D eigenvalue weighted by atomic mass is 10.2. The molecule has 5 heteroatoms. The van der Waals surface area contributed by atoms with Crippen LogP contribution in [0.2, 0.25) is 0 Å². The highest BCUT2D eigenvalue weighted by molar-refractivity contribution is 6.12. The van der Waals surface area contributed by atoms with Gasteiger partial charge in [-0.1, -0.05) is 0 Å². The monoisotopic (exact) mass is 162 g/mol. The molecule has 0 spiro atoms. The standard InChI is InChI=1S/C7H6N4O/c12-7-4-6(10-11-7)5-2-1-3-8-9-5/h1-3H,4H2,(H,11,12). The number of nitrogens with zero attached hydrogens (tertiary/aromatic N) is 3. The quantitative estimate of drug-likeness (QED) is 0.616. The van der Waals surface area contributed by atoms with Gasteiger partial charge in [0.1, 0.15) is 5.69 Å². The first-order valence-electron chi connectivity index (χ1n) is 3.50. The summed E-state index contributed by atoms with van der Waals surface area (Å²) in [6.07, 6.45) is 1.87. The van der Waals surface area contributed by atoms with Crippen LogP contribution in [0.3, 0.4) is 0 Å². The summed E-state index contributed by atoms with van der Waals surface area (Å²) >= 11 is 0. The topological polar surface area (TPSA) is 67.2 Å². The molecule has 1 aromatic rings. The van der Waals surface area contributed by atoms with Crippen LogP contribution >= 0.6 is 0 Å². The van der Waals surface area contributed by atoms with E-state index in [2.05, 4.69) is 20.7 Å². The van der Waals surface area contributed by atoms with Crippen LogP contribution < -0.4 is 5.43 Å². The average molecular weight is 162 g/mol. The van der Waals surface area contributed by atoms with Gasteiger partial charge in [-0.2, -0.15) is 10.2 Å². The lowest BCUT2D eigenvalue weighted by molar-refractivity contribution is -0.119. The van der Waals surface area contributed by atoms with Crippen LogP contribution in [0.15, 0.2) is 23.4 Å². The van der Waals surface area contributed by atoms with Gasteiger partial charge < -0.3 is 0 Å². The van der Waals surface area contributed by atoms with Gasteiger partial charge in [-0.25, -0.2) is 5.43 Å².